The van der Waals surface area contributed by atoms with Gasteiger partial charge >= 0.3 is 0 Å². The molecule has 2 N–H and O–H groups in total. The van der Waals surface area contributed by atoms with Gasteiger partial charge in [0.2, 0.25) is 5.91 Å². The molecule has 0 fully saturated rings. The number of para-hydroxylation sites is 1. The predicted molar refractivity (Wildman–Crippen MR) is 99.8 cm³/mol. The van der Waals surface area contributed by atoms with Gasteiger partial charge in [-0.15, -0.1) is 0 Å². The van der Waals surface area contributed by atoms with Crippen LogP contribution in [0.5, 0.6) is 5.75 Å². The second-order valence-electron chi connectivity index (χ2n) is 6.40. The monoisotopic (exact) mass is 326 g/mol. The van der Waals surface area contributed by atoms with E-state index in [1.807, 2.05) is 56.3 Å². The van der Waals surface area contributed by atoms with Crippen molar-refractivity contribution in [2.24, 2.45) is 5.92 Å². The zero-order chi connectivity index (χ0) is 17.5. The second kappa shape index (κ2) is 8.39. The van der Waals surface area contributed by atoms with Gasteiger partial charge in [0.25, 0.3) is 0 Å². The summed E-state index contributed by atoms with van der Waals surface area (Å²) in [6.45, 7) is 9.14. The van der Waals surface area contributed by atoms with Crippen molar-refractivity contribution < 1.29 is 9.53 Å². The van der Waals surface area contributed by atoms with Crippen molar-refractivity contribution in [3.8, 4) is 5.75 Å². The van der Waals surface area contributed by atoms with E-state index in [2.05, 4.69) is 24.5 Å². The molecular formula is C20H26N2O2. The van der Waals surface area contributed by atoms with Crippen LogP contribution >= 0.6 is 0 Å². The van der Waals surface area contributed by atoms with Gasteiger partial charge < -0.3 is 15.4 Å². The number of carbonyl (C=O) groups excluding carboxylic acids is 1. The molecule has 1 amide bonds. The summed E-state index contributed by atoms with van der Waals surface area (Å²) in [6.07, 6.45) is 0. The van der Waals surface area contributed by atoms with Crippen LogP contribution < -0.4 is 15.4 Å². The van der Waals surface area contributed by atoms with Crippen molar-refractivity contribution in [2.75, 3.05) is 23.8 Å². The van der Waals surface area contributed by atoms with Gasteiger partial charge in [0.15, 0.2) is 0 Å². The molecule has 0 heterocycles. The summed E-state index contributed by atoms with van der Waals surface area (Å²) in [6, 6.07) is 13.6. The molecule has 128 valence electrons. The fraction of sp³-hybridized carbons (Fsp3) is 0.350. The average Bonchev–Trinajstić information content (AvgIpc) is 2.55. The normalized spacial score (nSPS) is 10.5. The number of anilines is 2. The van der Waals surface area contributed by atoms with Crippen LogP contribution in [0.15, 0.2) is 42.5 Å². The number of ether oxygens (including phenoxy) is 1. The Kier molecular flexibility index (Phi) is 6.24. The van der Waals surface area contributed by atoms with Gasteiger partial charge in [-0.3, -0.25) is 4.79 Å². The van der Waals surface area contributed by atoms with E-state index in [0.29, 0.717) is 12.5 Å². The highest BCUT2D eigenvalue weighted by molar-refractivity contribution is 5.95. The summed E-state index contributed by atoms with van der Waals surface area (Å²) in [5.41, 5.74) is 3.91. The molecule has 0 saturated carbocycles. The van der Waals surface area contributed by atoms with Gasteiger partial charge in [-0.25, -0.2) is 0 Å². The maximum Gasteiger partial charge on any atom is 0.243 e. The van der Waals surface area contributed by atoms with Gasteiger partial charge in [0, 0.05) is 11.4 Å². The Bertz CT molecular complexity index is 658. The highest BCUT2D eigenvalue weighted by Crippen LogP contribution is 2.19. The first-order chi connectivity index (χ1) is 11.5. The van der Waals surface area contributed by atoms with Crippen LogP contribution in [-0.2, 0) is 4.79 Å². The number of benzene rings is 2. The second-order valence-corrected chi connectivity index (χ2v) is 6.40. The smallest absolute Gasteiger partial charge is 0.243 e. The minimum absolute atomic E-state index is 0.0625. The predicted octanol–water partition coefficient (Wildman–Crippen LogP) is 4.39. The number of hydrogen-bond acceptors (Lipinski definition) is 3. The topological polar surface area (TPSA) is 50.4 Å². The van der Waals surface area contributed by atoms with Crippen LogP contribution in [0.3, 0.4) is 0 Å². The third-order valence-corrected chi connectivity index (χ3v) is 3.64. The molecule has 0 unspecified atom stereocenters. The first kappa shape index (κ1) is 17.9. The van der Waals surface area contributed by atoms with E-state index in [4.69, 9.17) is 4.74 Å². The Morgan fingerprint density at radius 3 is 2.25 bits per heavy atom. The summed E-state index contributed by atoms with van der Waals surface area (Å²) in [7, 11) is 0. The number of carbonyl (C=O) groups is 1. The fourth-order valence-corrected chi connectivity index (χ4v) is 2.31. The molecule has 2 rings (SSSR count). The van der Waals surface area contributed by atoms with Gasteiger partial charge in [-0.2, -0.15) is 0 Å². The van der Waals surface area contributed by atoms with Gasteiger partial charge in [-0.1, -0.05) is 32.0 Å². The summed E-state index contributed by atoms with van der Waals surface area (Å²) in [4.78, 5) is 12.1. The molecule has 0 aliphatic carbocycles. The Morgan fingerprint density at radius 1 is 1.04 bits per heavy atom. The number of rotatable bonds is 7. The molecule has 4 heteroatoms. The Labute approximate surface area is 144 Å². The van der Waals surface area contributed by atoms with E-state index in [1.165, 1.54) is 0 Å². The molecule has 0 spiro atoms. The summed E-state index contributed by atoms with van der Waals surface area (Å²) < 4.78 is 5.65. The lowest BCUT2D eigenvalue weighted by Crippen LogP contribution is -2.22. The highest BCUT2D eigenvalue weighted by Gasteiger charge is 2.07. The van der Waals surface area contributed by atoms with Crippen molar-refractivity contribution in [3.05, 3.63) is 53.6 Å². The molecule has 0 aliphatic heterocycles. The van der Waals surface area contributed by atoms with E-state index in [-0.39, 0.29) is 12.5 Å². The molecule has 2 aromatic carbocycles. The molecular weight excluding hydrogens is 300 g/mol. The van der Waals surface area contributed by atoms with E-state index in [1.54, 1.807) is 0 Å². The molecule has 24 heavy (non-hydrogen) atoms. The summed E-state index contributed by atoms with van der Waals surface area (Å²) in [5.74, 6) is 1.28. The number of nitrogens with one attached hydrogen (secondary N) is 2. The largest absolute Gasteiger partial charge is 0.493 e. The minimum Gasteiger partial charge on any atom is -0.493 e. The maximum absolute atomic E-state index is 12.1. The molecule has 0 aliphatic rings. The molecule has 0 aromatic heterocycles. The van der Waals surface area contributed by atoms with E-state index < -0.39 is 0 Å². The van der Waals surface area contributed by atoms with Crippen LogP contribution in [0.1, 0.15) is 25.0 Å². The van der Waals surface area contributed by atoms with E-state index >= 15 is 0 Å². The van der Waals surface area contributed by atoms with Crippen molar-refractivity contribution in [1.82, 2.24) is 0 Å². The standard InChI is InChI=1S/C20H26N2O2/c1-14(2)13-24-18-10-8-17(9-11-18)21-12-19(23)22-20-15(3)6-5-7-16(20)4/h5-11,14,21H,12-13H2,1-4H3,(H,22,23). The molecule has 0 saturated heterocycles. The van der Waals surface area contributed by atoms with Crippen LogP contribution in [-0.4, -0.2) is 19.1 Å². The zero-order valence-corrected chi connectivity index (χ0v) is 14.8. The van der Waals surface area contributed by atoms with Gasteiger partial charge in [0.05, 0.1) is 13.2 Å². The lowest BCUT2D eigenvalue weighted by molar-refractivity contribution is -0.114. The SMILES string of the molecule is Cc1cccc(C)c1NC(=O)CNc1ccc(OCC(C)C)cc1. The van der Waals surface area contributed by atoms with Crippen molar-refractivity contribution in [1.29, 1.82) is 0 Å². The van der Waals surface area contributed by atoms with E-state index in [0.717, 1.165) is 28.3 Å². The third-order valence-electron chi connectivity index (χ3n) is 3.64. The zero-order valence-electron chi connectivity index (χ0n) is 14.8. The van der Waals surface area contributed by atoms with Crippen LogP contribution in [0.2, 0.25) is 0 Å². The average molecular weight is 326 g/mol. The maximum atomic E-state index is 12.1. The Balaban J connectivity index is 1.85. The lowest BCUT2D eigenvalue weighted by Gasteiger charge is -2.13. The highest BCUT2D eigenvalue weighted by atomic mass is 16.5. The Hall–Kier alpha value is -2.49. The van der Waals surface area contributed by atoms with E-state index in [9.17, 15) is 4.79 Å². The molecule has 4 nitrogen and oxygen atoms in total. The number of amides is 1. The van der Waals surface area contributed by atoms with Gasteiger partial charge in [-0.05, 0) is 55.2 Å². The van der Waals surface area contributed by atoms with Gasteiger partial charge in [0.1, 0.15) is 5.75 Å². The van der Waals surface area contributed by atoms with Crippen LogP contribution in [0.25, 0.3) is 0 Å². The molecule has 2 aromatic rings. The number of hydrogen-bond donors (Lipinski definition) is 2. The minimum atomic E-state index is -0.0625. The quantitative estimate of drug-likeness (QED) is 0.793. The Morgan fingerprint density at radius 2 is 1.67 bits per heavy atom. The summed E-state index contributed by atoms with van der Waals surface area (Å²) >= 11 is 0. The summed E-state index contributed by atoms with van der Waals surface area (Å²) in [5, 5.41) is 6.09. The molecule has 0 bridgehead atoms. The van der Waals surface area contributed by atoms with Crippen molar-refractivity contribution in [3.63, 3.8) is 0 Å². The first-order valence-electron chi connectivity index (χ1n) is 8.28. The van der Waals surface area contributed by atoms with Crippen LogP contribution in [0.4, 0.5) is 11.4 Å². The molecule has 0 radical (unpaired) electrons. The van der Waals surface area contributed by atoms with Crippen LogP contribution in [0, 0.1) is 19.8 Å². The lowest BCUT2D eigenvalue weighted by atomic mass is 10.1. The third kappa shape index (κ3) is 5.30. The fourth-order valence-electron chi connectivity index (χ4n) is 2.31. The molecule has 0 atom stereocenters. The first-order valence-corrected chi connectivity index (χ1v) is 8.28. The van der Waals surface area contributed by atoms with Crippen molar-refractivity contribution >= 4 is 17.3 Å². The number of aryl methyl sites for hydroxylation is 2. The van der Waals surface area contributed by atoms with Crippen molar-refractivity contribution in [2.45, 2.75) is 27.7 Å².